The Morgan fingerprint density at radius 3 is 2.89 bits per heavy atom. The van der Waals surface area contributed by atoms with Gasteiger partial charge in [-0.1, -0.05) is 18.9 Å². The van der Waals surface area contributed by atoms with E-state index in [0.29, 0.717) is 6.04 Å². The molecule has 1 aliphatic heterocycles. The minimum atomic E-state index is 0.687. The third kappa shape index (κ3) is 3.59. The first-order valence-electron chi connectivity index (χ1n) is 7.76. The number of nitrogens with zero attached hydrogens (tertiary/aromatic N) is 1. The van der Waals surface area contributed by atoms with E-state index in [-0.39, 0.29) is 0 Å². The van der Waals surface area contributed by atoms with Gasteiger partial charge < -0.3 is 10.2 Å². The van der Waals surface area contributed by atoms with Gasteiger partial charge in [-0.2, -0.15) is 0 Å². The van der Waals surface area contributed by atoms with E-state index in [0.717, 1.165) is 11.8 Å². The van der Waals surface area contributed by atoms with Crippen LogP contribution in [0.5, 0.6) is 0 Å². The summed E-state index contributed by atoms with van der Waals surface area (Å²) in [6.45, 7) is 3.69. The van der Waals surface area contributed by atoms with Crippen molar-refractivity contribution in [2.24, 2.45) is 5.92 Å². The topological polar surface area (TPSA) is 15.3 Å². The Hall–Kier alpha value is -0.380. The molecule has 0 radical (unpaired) electrons. The molecule has 2 heterocycles. The first kappa shape index (κ1) is 13.6. The Morgan fingerprint density at radius 1 is 1.32 bits per heavy atom. The van der Waals surface area contributed by atoms with Gasteiger partial charge >= 0.3 is 0 Å². The number of nitrogens with one attached hydrogen (secondary N) is 1. The molecule has 1 aromatic heterocycles. The highest BCUT2D eigenvalue weighted by Gasteiger charge is 2.27. The van der Waals surface area contributed by atoms with Crippen LogP contribution in [-0.2, 0) is 0 Å². The van der Waals surface area contributed by atoms with E-state index in [1.165, 1.54) is 51.7 Å². The van der Waals surface area contributed by atoms with Crippen LogP contribution in [0.2, 0.25) is 0 Å². The lowest BCUT2D eigenvalue weighted by molar-refractivity contribution is 0.201. The molecule has 2 unspecified atom stereocenters. The second kappa shape index (κ2) is 6.38. The van der Waals surface area contributed by atoms with Crippen LogP contribution in [0.25, 0.3) is 0 Å². The summed E-state index contributed by atoms with van der Waals surface area (Å²) < 4.78 is 0. The van der Waals surface area contributed by atoms with Crippen molar-refractivity contribution < 1.29 is 0 Å². The molecule has 2 atom stereocenters. The zero-order valence-corrected chi connectivity index (χ0v) is 12.8. The predicted molar refractivity (Wildman–Crippen MR) is 82.9 cm³/mol. The van der Waals surface area contributed by atoms with E-state index in [1.54, 1.807) is 4.88 Å². The highest BCUT2D eigenvalue weighted by molar-refractivity contribution is 7.10. The summed E-state index contributed by atoms with van der Waals surface area (Å²) in [7, 11) is 2.27. The fourth-order valence-electron chi connectivity index (χ4n) is 3.74. The Bertz CT molecular complexity index is 370. The highest BCUT2D eigenvalue weighted by Crippen LogP contribution is 2.30. The number of likely N-dealkylation sites (N-methyl/N-ethyl adjacent to an activating group) is 1. The van der Waals surface area contributed by atoms with E-state index in [4.69, 9.17) is 0 Å². The summed E-state index contributed by atoms with van der Waals surface area (Å²) >= 11 is 1.92. The average molecular weight is 278 g/mol. The molecular formula is C16H26N2S. The number of rotatable bonds is 4. The summed E-state index contributed by atoms with van der Waals surface area (Å²) in [6.07, 6.45) is 7.12. The Labute approximate surface area is 121 Å². The van der Waals surface area contributed by atoms with Crippen LogP contribution < -0.4 is 5.32 Å². The smallest absolute Gasteiger partial charge is 0.0201 e. The van der Waals surface area contributed by atoms with Crippen molar-refractivity contribution in [1.82, 2.24) is 10.2 Å². The molecule has 19 heavy (non-hydrogen) atoms. The van der Waals surface area contributed by atoms with Crippen molar-refractivity contribution in [3.63, 3.8) is 0 Å². The molecule has 2 fully saturated rings. The number of likely N-dealkylation sites (tertiary alicyclic amines) is 1. The molecule has 1 aromatic rings. The minimum absolute atomic E-state index is 0.687. The highest BCUT2D eigenvalue weighted by atomic mass is 32.1. The lowest BCUT2D eigenvalue weighted by Crippen LogP contribution is -2.47. The fourth-order valence-corrected chi connectivity index (χ4v) is 4.58. The van der Waals surface area contributed by atoms with Crippen molar-refractivity contribution >= 4 is 11.3 Å². The van der Waals surface area contributed by atoms with Crippen LogP contribution in [0.4, 0.5) is 0 Å². The van der Waals surface area contributed by atoms with Crippen molar-refractivity contribution in [3.05, 3.63) is 22.4 Å². The Kier molecular flexibility index (Phi) is 4.57. The zero-order chi connectivity index (χ0) is 13.1. The second-order valence-corrected chi connectivity index (χ2v) is 7.40. The molecule has 3 rings (SSSR count). The molecule has 2 aliphatic rings. The summed E-state index contributed by atoms with van der Waals surface area (Å²) in [5.74, 6) is 1.69. The lowest BCUT2D eigenvalue weighted by Gasteiger charge is -2.36. The van der Waals surface area contributed by atoms with Gasteiger partial charge in [-0.25, -0.2) is 0 Å². The van der Waals surface area contributed by atoms with Gasteiger partial charge in [0.05, 0.1) is 0 Å². The van der Waals surface area contributed by atoms with Gasteiger partial charge in [0.2, 0.25) is 0 Å². The predicted octanol–water partition coefficient (Wildman–Crippen LogP) is 3.32. The largest absolute Gasteiger partial charge is 0.312 e. The third-order valence-corrected chi connectivity index (χ3v) is 5.78. The van der Waals surface area contributed by atoms with Crippen LogP contribution in [0.1, 0.15) is 42.9 Å². The number of hydrogen-bond donors (Lipinski definition) is 1. The molecule has 0 amide bonds. The van der Waals surface area contributed by atoms with E-state index in [1.807, 2.05) is 11.3 Å². The van der Waals surface area contributed by atoms with Crippen LogP contribution in [0.15, 0.2) is 17.5 Å². The summed E-state index contributed by atoms with van der Waals surface area (Å²) in [5.41, 5.74) is 0. The summed E-state index contributed by atoms with van der Waals surface area (Å²) in [6, 6.07) is 5.18. The lowest BCUT2D eigenvalue weighted by atomic mass is 9.93. The van der Waals surface area contributed by atoms with Gasteiger partial charge in [-0.05, 0) is 50.2 Å². The number of piperidine rings is 1. The van der Waals surface area contributed by atoms with E-state index >= 15 is 0 Å². The van der Waals surface area contributed by atoms with Crippen LogP contribution in [0, 0.1) is 5.92 Å². The van der Waals surface area contributed by atoms with Crippen LogP contribution >= 0.6 is 11.3 Å². The minimum Gasteiger partial charge on any atom is -0.312 e. The second-order valence-electron chi connectivity index (χ2n) is 6.42. The standard InChI is InChI=1S/C16H26N2S/c1-18-11-14(16-7-4-8-19-16)9-15(12-18)17-10-13-5-2-3-6-13/h4,7-8,13-15,17H,2-3,5-6,9-12H2,1H3. The molecule has 0 bridgehead atoms. The maximum absolute atomic E-state index is 3.85. The van der Waals surface area contributed by atoms with Crippen molar-refractivity contribution in [2.45, 2.75) is 44.1 Å². The molecule has 0 spiro atoms. The molecule has 0 aromatic carbocycles. The van der Waals surface area contributed by atoms with Crippen molar-refractivity contribution in [1.29, 1.82) is 0 Å². The quantitative estimate of drug-likeness (QED) is 0.909. The van der Waals surface area contributed by atoms with Gasteiger partial charge in [-0.3, -0.25) is 0 Å². The van der Waals surface area contributed by atoms with Crippen LogP contribution in [-0.4, -0.2) is 37.6 Å². The van der Waals surface area contributed by atoms with Gasteiger partial charge in [0.15, 0.2) is 0 Å². The summed E-state index contributed by atoms with van der Waals surface area (Å²) in [5, 5.41) is 6.06. The number of hydrogen-bond acceptors (Lipinski definition) is 3. The van der Waals surface area contributed by atoms with E-state index < -0.39 is 0 Å². The van der Waals surface area contributed by atoms with Gasteiger partial charge in [-0.15, -0.1) is 11.3 Å². The molecule has 3 heteroatoms. The third-order valence-electron chi connectivity index (χ3n) is 4.75. The SMILES string of the molecule is CN1CC(NCC2CCCC2)CC(c2cccs2)C1. The monoisotopic (exact) mass is 278 g/mol. The maximum Gasteiger partial charge on any atom is 0.0201 e. The maximum atomic E-state index is 3.85. The molecule has 1 saturated heterocycles. The fraction of sp³-hybridized carbons (Fsp3) is 0.750. The van der Waals surface area contributed by atoms with Gasteiger partial charge in [0, 0.05) is 29.9 Å². The zero-order valence-electron chi connectivity index (χ0n) is 12.0. The molecule has 2 nitrogen and oxygen atoms in total. The van der Waals surface area contributed by atoms with Crippen molar-refractivity contribution in [2.75, 3.05) is 26.7 Å². The molecular weight excluding hydrogens is 252 g/mol. The molecule has 1 saturated carbocycles. The average Bonchev–Trinajstić information content (AvgIpc) is 3.09. The van der Waals surface area contributed by atoms with Gasteiger partial charge in [0.25, 0.3) is 0 Å². The Morgan fingerprint density at radius 2 is 2.16 bits per heavy atom. The first-order chi connectivity index (χ1) is 9.31. The van der Waals surface area contributed by atoms with Gasteiger partial charge in [0.1, 0.15) is 0 Å². The van der Waals surface area contributed by atoms with Crippen molar-refractivity contribution in [3.8, 4) is 0 Å². The summed E-state index contributed by atoms with van der Waals surface area (Å²) in [4.78, 5) is 4.07. The molecule has 106 valence electrons. The Balaban J connectivity index is 1.53. The first-order valence-corrected chi connectivity index (χ1v) is 8.64. The van der Waals surface area contributed by atoms with Crippen LogP contribution in [0.3, 0.4) is 0 Å². The molecule has 1 aliphatic carbocycles. The van der Waals surface area contributed by atoms with E-state index in [2.05, 4.69) is 34.8 Å². The van der Waals surface area contributed by atoms with E-state index in [9.17, 15) is 0 Å². The molecule has 1 N–H and O–H groups in total. The number of thiophene rings is 1. The normalized spacial score (nSPS) is 29.9.